The van der Waals surface area contributed by atoms with Crippen molar-refractivity contribution in [2.75, 3.05) is 11.9 Å². The number of aliphatic hydroxyl groups is 1. The molecule has 4 heteroatoms. The van der Waals surface area contributed by atoms with Gasteiger partial charge in [0.05, 0.1) is 5.41 Å². The van der Waals surface area contributed by atoms with Crippen LogP contribution in [0.4, 0.5) is 5.69 Å². The van der Waals surface area contributed by atoms with Crippen molar-refractivity contribution in [2.24, 2.45) is 11.3 Å². The van der Waals surface area contributed by atoms with E-state index in [1.54, 1.807) is 11.9 Å². The summed E-state index contributed by atoms with van der Waals surface area (Å²) in [5.74, 6) is -0.678. The number of hydrogen-bond acceptors (Lipinski definition) is 3. The van der Waals surface area contributed by atoms with E-state index in [1.165, 1.54) is 0 Å². The molecule has 0 unspecified atom stereocenters. The Morgan fingerprint density at radius 3 is 2.58 bits per heavy atom. The van der Waals surface area contributed by atoms with Gasteiger partial charge in [0.25, 0.3) is 0 Å². The van der Waals surface area contributed by atoms with Gasteiger partial charge in [-0.25, -0.2) is 0 Å². The molecule has 24 heavy (non-hydrogen) atoms. The highest BCUT2D eigenvalue weighted by molar-refractivity contribution is 6.19. The topological polar surface area (TPSA) is 57.6 Å². The van der Waals surface area contributed by atoms with E-state index in [0.29, 0.717) is 5.56 Å². The van der Waals surface area contributed by atoms with Crippen LogP contribution in [-0.2, 0) is 20.6 Å². The van der Waals surface area contributed by atoms with Crippen molar-refractivity contribution < 1.29 is 14.7 Å². The van der Waals surface area contributed by atoms with E-state index in [4.69, 9.17) is 0 Å². The normalized spacial score (nSPS) is 34.8. The third kappa shape index (κ3) is 1.37. The van der Waals surface area contributed by atoms with Gasteiger partial charge in [-0.3, -0.25) is 9.59 Å². The Labute approximate surface area is 142 Å². The summed E-state index contributed by atoms with van der Waals surface area (Å²) in [5, 5.41) is 11.4. The Hall–Kier alpha value is -1.94. The maximum absolute atomic E-state index is 13.3. The highest BCUT2D eigenvalue weighted by atomic mass is 16.3. The minimum Gasteiger partial charge on any atom is -0.377 e. The fourth-order valence-corrected chi connectivity index (χ4v) is 5.15. The van der Waals surface area contributed by atoms with Crippen molar-refractivity contribution in [1.82, 2.24) is 0 Å². The Balaban J connectivity index is 2.03. The zero-order valence-electron chi connectivity index (χ0n) is 14.8. The number of carbonyl (C=O) groups is 2. The Kier molecular flexibility index (Phi) is 2.71. The SMILES string of the molecule is CC(C)=CC[C@]1(O)C(=O)[C@H]2C(C)(C)[C@]23C(=O)N(C)c2cccc1c23. The number of hydrogen-bond donors (Lipinski definition) is 1. The predicted octanol–water partition coefficient (Wildman–Crippen LogP) is 2.68. The first-order chi connectivity index (χ1) is 11.1. The van der Waals surface area contributed by atoms with E-state index >= 15 is 0 Å². The summed E-state index contributed by atoms with van der Waals surface area (Å²) in [6.45, 7) is 7.85. The Morgan fingerprint density at radius 1 is 1.29 bits per heavy atom. The van der Waals surface area contributed by atoms with E-state index < -0.39 is 22.3 Å². The highest BCUT2D eigenvalue weighted by Crippen LogP contribution is 2.78. The van der Waals surface area contributed by atoms with Crippen LogP contribution in [-0.4, -0.2) is 23.8 Å². The molecule has 2 aliphatic carbocycles. The summed E-state index contributed by atoms with van der Waals surface area (Å²) in [6.07, 6.45) is 2.16. The van der Waals surface area contributed by atoms with E-state index in [1.807, 2.05) is 52.0 Å². The molecule has 0 radical (unpaired) electrons. The second kappa shape index (κ2) is 4.17. The van der Waals surface area contributed by atoms with Crippen LogP contribution in [0.25, 0.3) is 0 Å². The van der Waals surface area contributed by atoms with Gasteiger partial charge in [0, 0.05) is 25.1 Å². The quantitative estimate of drug-likeness (QED) is 0.851. The lowest BCUT2D eigenvalue weighted by Gasteiger charge is -2.33. The minimum atomic E-state index is -1.55. The molecule has 1 saturated carbocycles. The van der Waals surface area contributed by atoms with Crippen LogP contribution < -0.4 is 4.90 Å². The zero-order chi connectivity index (χ0) is 17.7. The zero-order valence-corrected chi connectivity index (χ0v) is 14.8. The van der Waals surface area contributed by atoms with Gasteiger partial charge < -0.3 is 10.0 Å². The number of anilines is 1. The number of Topliss-reactive ketones (excluding diaryl/α,β-unsaturated/α-hetero) is 1. The van der Waals surface area contributed by atoms with Gasteiger partial charge in [0.2, 0.25) is 5.91 Å². The summed E-state index contributed by atoms with van der Waals surface area (Å²) < 4.78 is 0. The molecule has 1 fully saturated rings. The van der Waals surface area contributed by atoms with Crippen molar-refractivity contribution in [3.63, 3.8) is 0 Å². The van der Waals surface area contributed by atoms with Gasteiger partial charge in [-0.15, -0.1) is 0 Å². The van der Waals surface area contributed by atoms with E-state index in [-0.39, 0.29) is 18.1 Å². The first-order valence-corrected chi connectivity index (χ1v) is 8.44. The fourth-order valence-electron chi connectivity index (χ4n) is 5.15. The molecular weight excluding hydrogens is 302 g/mol. The van der Waals surface area contributed by atoms with Gasteiger partial charge in [-0.05, 0) is 36.5 Å². The smallest absolute Gasteiger partial charge is 0.238 e. The first kappa shape index (κ1) is 15.6. The average Bonchev–Trinajstić information content (AvgIpc) is 2.96. The third-order valence-corrected chi connectivity index (χ3v) is 6.45. The summed E-state index contributed by atoms with van der Waals surface area (Å²) in [4.78, 5) is 28.0. The molecular formula is C20H23NO3. The highest BCUT2D eigenvalue weighted by Gasteiger charge is 2.85. The largest absolute Gasteiger partial charge is 0.377 e. The van der Waals surface area contributed by atoms with E-state index in [0.717, 1.165) is 16.8 Å². The van der Waals surface area contributed by atoms with E-state index in [9.17, 15) is 14.7 Å². The fraction of sp³-hybridized carbons (Fsp3) is 0.500. The number of carbonyl (C=O) groups excluding carboxylic acids is 2. The van der Waals surface area contributed by atoms with Gasteiger partial charge in [-0.1, -0.05) is 37.6 Å². The molecule has 1 aliphatic heterocycles. The molecule has 1 spiro atoms. The second-order valence-corrected chi connectivity index (χ2v) is 8.24. The molecule has 4 nitrogen and oxygen atoms in total. The molecule has 1 aromatic rings. The summed E-state index contributed by atoms with van der Waals surface area (Å²) in [6, 6.07) is 5.55. The van der Waals surface area contributed by atoms with Crippen molar-refractivity contribution in [3.8, 4) is 0 Å². The summed E-state index contributed by atoms with van der Waals surface area (Å²) in [5.41, 5.74) is 0.573. The lowest BCUT2D eigenvalue weighted by molar-refractivity contribution is -0.142. The van der Waals surface area contributed by atoms with Crippen molar-refractivity contribution in [1.29, 1.82) is 0 Å². The van der Waals surface area contributed by atoms with Crippen LogP contribution in [0.15, 0.2) is 29.8 Å². The molecule has 0 aromatic heterocycles. The monoisotopic (exact) mass is 325 g/mol. The Bertz CT molecular complexity index is 833. The molecule has 126 valence electrons. The van der Waals surface area contributed by atoms with Crippen LogP contribution in [0.2, 0.25) is 0 Å². The molecule has 1 aromatic carbocycles. The summed E-state index contributed by atoms with van der Waals surface area (Å²) in [7, 11) is 1.76. The molecule has 1 N–H and O–H groups in total. The molecule has 3 atom stereocenters. The molecule has 1 heterocycles. The van der Waals surface area contributed by atoms with E-state index in [2.05, 4.69) is 0 Å². The molecule has 1 amide bonds. The van der Waals surface area contributed by atoms with Crippen molar-refractivity contribution >= 4 is 17.4 Å². The van der Waals surface area contributed by atoms with Gasteiger partial charge in [0.1, 0.15) is 0 Å². The van der Waals surface area contributed by atoms with Crippen molar-refractivity contribution in [2.45, 2.75) is 45.1 Å². The second-order valence-electron chi connectivity index (χ2n) is 8.24. The maximum Gasteiger partial charge on any atom is 0.238 e. The number of likely N-dealkylation sites (N-methyl/N-ethyl adjacent to an activating group) is 1. The number of benzene rings is 1. The molecule has 4 rings (SSSR count). The molecule has 3 aliphatic rings. The minimum absolute atomic E-state index is 0.0161. The predicted molar refractivity (Wildman–Crippen MR) is 91.8 cm³/mol. The number of nitrogens with zero attached hydrogens (tertiary/aromatic N) is 1. The van der Waals surface area contributed by atoms with Crippen molar-refractivity contribution in [3.05, 3.63) is 41.0 Å². The van der Waals surface area contributed by atoms with Gasteiger partial charge >= 0.3 is 0 Å². The maximum atomic E-state index is 13.3. The van der Waals surface area contributed by atoms with Crippen LogP contribution in [0.1, 0.15) is 45.2 Å². The number of allylic oxidation sites excluding steroid dienone is 1. The van der Waals surface area contributed by atoms with Crippen LogP contribution in [0.5, 0.6) is 0 Å². The lowest BCUT2D eigenvalue weighted by atomic mass is 9.71. The standard InChI is InChI=1S/C20H23NO3/c1-11(2)9-10-19(24)12-7-6-8-13-14(12)20(17(23)21(13)5)15(16(19)22)18(20,3)4/h6-9,15,24H,10H2,1-5H3/t15-,19+,20-/m0/s1. The van der Waals surface area contributed by atoms with Crippen LogP contribution >= 0.6 is 0 Å². The number of rotatable bonds is 2. The number of amides is 1. The number of ketones is 1. The average molecular weight is 325 g/mol. The third-order valence-electron chi connectivity index (χ3n) is 6.45. The van der Waals surface area contributed by atoms with Gasteiger partial charge in [0.15, 0.2) is 11.4 Å². The van der Waals surface area contributed by atoms with Crippen LogP contribution in [0, 0.1) is 11.3 Å². The summed E-state index contributed by atoms with van der Waals surface area (Å²) >= 11 is 0. The van der Waals surface area contributed by atoms with Gasteiger partial charge in [-0.2, -0.15) is 0 Å². The molecule has 0 bridgehead atoms. The van der Waals surface area contributed by atoms with Crippen LogP contribution in [0.3, 0.4) is 0 Å². The Morgan fingerprint density at radius 2 is 1.96 bits per heavy atom. The first-order valence-electron chi connectivity index (χ1n) is 8.44. The molecule has 0 saturated heterocycles. The lowest BCUT2D eigenvalue weighted by Crippen LogP contribution is -2.45.